The van der Waals surface area contributed by atoms with Gasteiger partial charge in [0.1, 0.15) is 0 Å². The van der Waals surface area contributed by atoms with Crippen LogP contribution >= 0.6 is 27.3 Å². The van der Waals surface area contributed by atoms with E-state index >= 15 is 0 Å². The van der Waals surface area contributed by atoms with Gasteiger partial charge in [0.2, 0.25) is 0 Å². The van der Waals surface area contributed by atoms with Crippen LogP contribution in [-0.2, 0) is 9.53 Å². The maximum absolute atomic E-state index is 11.6. The highest BCUT2D eigenvalue weighted by Crippen LogP contribution is 2.20. The minimum Gasteiger partial charge on any atom is -0.480 e. The summed E-state index contributed by atoms with van der Waals surface area (Å²) in [6.07, 6.45) is 0. The van der Waals surface area contributed by atoms with E-state index in [4.69, 9.17) is 9.84 Å². The van der Waals surface area contributed by atoms with Crippen molar-refractivity contribution in [2.75, 3.05) is 13.7 Å². The minimum absolute atomic E-state index is 0.0631. The smallest absolute Gasteiger partial charge is 0.328 e. The molecule has 0 aromatic carbocycles. The molecule has 7 heteroatoms. The zero-order valence-corrected chi connectivity index (χ0v) is 10.8. The number of carbonyl (C=O) groups excluding carboxylic acids is 1. The number of carboxylic acids is 1. The summed E-state index contributed by atoms with van der Waals surface area (Å²) in [4.78, 5) is 22.4. The van der Waals surface area contributed by atoms with Gasteiger partial charge in [-0.15, -0.1) is 11.3 Å². The molecule has 1 rings (SSSR count). The first-order chi connectivity index (χ1) is 7.54. The van der Waals surface area contributed by atoms with E-state index in [-0.39, 0.29) is 6.61 Å². The first-order valence-corrected chi connectivity index (χ1v) is 5.98. The van der Waals surface area contributed by atoms with Crippen LogP contribution in [0.4, 0.5) is 0 Å². The van der Waals surface area contributed by atoms with Gasteiger partial charge in [-0.25, -0.2) is 4.79 Å². The molecule has 1 aromatic heterocycles. The van der Waals surface area contributed by atoms with Crippen LogP contribution in [0.5, 0.6) is 0 Å². The van der Waals surface area contributed by atoms with Crippen molar-refractivity contribution in [2.24, 2.45) is 0 Å². The molecule has 0 aliphatic carbocycles. The van der Waals surface area contributed by atoms with Crippen LogP contribution in [0.25, 0.3) is 0 Å². The zero-order valence-electron chi connectivity index (χ0n) is 8.40. The molecule has 16 heavy (non-hydrogen) atoms. The van der Waals surface area contributed by atoms with E-state index in [0.29, 0.717) is 5.56 Å². The summed E-state index contributed by atoms with van der Waals surface area (Å²) in [6, 6.07) is 0.599. The van der Waals surface area contributed by atoms with Crippen molar-refractivity contribution in [3.8, 4) is 0 Å². The van der Waals surface area contributed by atoms with Crippen LogP contribution < -0.4 is 5.32 Å². The summed E-state index contributed by atoms with van der Waals surface area (Å²) in [5, 5.41) is 12.8. The number of halogens is 1. The number of carbonyl (C=O) groups is 2. The maximum atomic E-state index is 11.6. The monoisotopic (exact) mass is 307 g/mol. The highest BCUT2D eigenvalue weighted by Gasteiger charge is 2.20. The quantitative estimate of drug-likeness (QED) is 0.861. The first-order valence-electron chi connectivity index (χ1n) is 4.31. The Balaban J connectivity index is 2.65. The highest BCUT2D eigenvalue weighted by molar-refractivity contribution is 9.11. The fourth-order valence-corrected chi connectivity index (χ4v) is 2.15. The second-order valence-corrected chi connectivity index (χ2v) is 5.25. The number of amides is 1. The van der Waals surface area contributed by atoms with Crippen LogP contribution in [-0.4, -0.2) is 36.7 Å². The molecule has 2 N–H and O–H groups in total. The molecule has 0 saturated carbocycles. The molecule has 1 atom stereocenters. The predicted molar refractivity (Wildman–Crippen MR) is 62.8 cm³/mol. The van der Waals surface area contributed by atoms with E-state index < -0.39 is 17.9 Å². The van der Waals surface area contributed by atoms with E-state index in [1.165, 1.54) is 18.4 Å². The maximum Gasteiger partial charge on any atom is 0.328 e. The Labute approximate surface area is 105 Å². The van der Waals surface area contributed by atoms with Crippen LogP contribution in [0, 0.1) is 0 Å². The summed E-state index contributed by atoms with van der Waals surface area (Å²) in [6.45, 7) is -0.0631. The highest BCUT2D eigenvalue weighted by atomic mass is 79.9. The normalized spacial score (nSPS) is 12.1. The van der Waals surface area contributed by atoms with E-state index in [1.54, 1.807) is 11.4 Å². The summed E-state index contributed by atoms with van der Waals surface area (Å²) < 4.78 is 5.52. The first kappa shape index (κ1) is 13.1. The summed E-state index contributed by atoms with van der Waals surface area (Å²) in [7, 11) is 1.38. The van der Waals surface area contributed by atoms with Gasteiger partial charge in [-0.2, -0.15) is 0 Å². The summed E-state index contributed by atoms with van der Waals surface area (Å²) in [5.74, 6) is -1.55. The van der Waals surface area contributed by atoms with Gasteiger partial charge < -0.3 is 15.2 Å². The van der Waals surface area contributed by atoms with Gasteiger partial charge in [-0.3, -0.25) is 4.79 Å². The Morgan fingerprint density at radius 2 is 2.38 bits per heavy atom. The lowest BCUT2D eigenvalue weighted by molar-refractivity contribution is -0.140. The molecular weight excluding hydrogens is 298 g/mol. The number of ether oxygens (including phenoxy) is 1. The van der Waals surface area contributed by atoms with Crippen molar-refractivity contribution >= 4 is 39.1 Å². The molecule has 1 aromatic rings. The zero-order chi connectivity index (χ0) is 12.1. The van der Waals surface area contributed by atoms with E-state index in [0.717, 1.165) is 3.79 Å². The number of methoxy groups -OCH3 is 1. The molecule has 1 unspecified atom stereocenters. The molecule has 88 valence electrons. The molecule has 0 fully saturated rings. The third-order valence-corrected chi connectivity index (χ3v) is 3.27. The molecule has 0 aliphatic heterocycles. The average Bonchev–Trinajstić information content (AvgIpc) is 2.64. The van der Waals surface area contributed by atoms with Gasteiger partial charge >= 0.3 is 5.97 Å². The molecule has 1 heterocycles. The lowest BCUT2D eigenvalue weighted by Gasteiger charge is -2.12. The van der Waals surface area contributed by atoms with Gasteiger partial charge in [0.15, 0.2) is 6.04 Å². The van der Waals surface area contributed by atoms with E-state index in [9.17, 15) is 9.59 Å². The van der Waals surface area contributed by atoms with Gasteiger partial charge in [0.05, 0.1) is 16.0 Å². The number of hydrogen-bond acceptors (Lipinski definition) is 4. The molecule has 0 spiro atoms. The van der Waals surface area contributed by atoms with Crippen molar-refractivity contribution in [2.45, 2.75) is 6.04 Å². The van der Waals surface area contributed by atoms with Crippen molar-refractivity contribution in [3.05, 3.63) is 20.8 Å². The van der Waals surface area contributed by atoms with Crippen molar-refractivity contribution in [1.82, 2.24) is 5.32 Å². The van der Waals surface area contributed by atoms with Crippen LogP contribution in [0.1, 0.15) is 10.4 Å². The number of thiophene rings is 1. The molecule has 5 nitrogen and oxygen atoms in total. The number of aliphatic carboxylic acids is 1. The SMILES string of the molecule is COCC(NC(=O)c1csc(Br)c1)C(=O)O. The Morgan fingerprint density at radius 3 is 2.81 bits per heavy atom. The van der Waals surface area contributed by atoms with Crippen molar-refractivity contribution in [3.63, 3.8) is 0 Å². The van der Waals surface area contributed by atoms with Crippen LogP contribution in [0.15, 0.2) is 15.2 Å². The van der Waals surface area contributed by atoms with Crippen molar-refractivity contribution in [1.29, 1.82) is 0 Å². The molecule has 0 bridgehead atoms. The van der Waals surface area contributed by atoms with Gasteiger partial charge in [0.25, 0.3) is 5.91 Å². The Bertz CT molecular complexity index is 393. The summed E-state index contributed by atoms with van der Waals surface area (Å²) in [5.41, 5.74) is 0.430. The number of carboxylic acid groups (broad SMARTS) is 1. The fourth-order valence-electron chi connectivity index (χ4n) is 1.01. The van der Waals surface area contributed by atoms with Gasteiger partial charge in [-0.1, -0.05) is 0 Å². The Kier molecular flexibility index (Phi) is 4.91. The van der Waals surface area contributed by atoms with E-state index in [2.05, 4.69) is 21.2 Å². The lowest BCUT2D eigenvalue weighted by Crippen LogP contribution is -2.43. The predicted octanol–water partition coefficient (Wildman–Crippen LogP) is 1.34. The average molecular weight is 308 g/mol. The standard InChI is InChI=1S/C9H10BrNO4S/c1-15-3-6(9(13)14)11-8(12)5-2-7(10)16-4-5/h2,4,6H,3H2,1H3,(H,11,12)(H,13,14). The molecular formula is C9H10BrNO4S. The molecule has 0 radical (unpaired) electrons. The second-order valence-electron chi connectivity index (χ2n) is 2.96. The Morgan fingerprint density at radius 1 is 1.69 bits per heavy atom. The number of hydrogen-bond donors (Lipinski definition) is 2. The van der Waals surface area contributed by atoms with E-state index in [1.807, 2.05) is 0 Å². The van der Waals surface area contributed by atoms with Crippen LogP contribution in [0.3, 0.4) is 0 Å². The second kappa shape index (κ2) is 5.97. The van der Waals surface area contributed by atoms with Crippen LogP contribution in [0.2, 0.25) is 0 Å². The number of rotatable bonds is 5. The third-order valence-electron chi connectivity index (χ3n) is 1.77. The lowest BCUT2D eigenvalue weighted by atomic mass is 10.2. The van der Waals surface area contributed by atoms with Gasteiger partial charge in [0, 0.05) is 12.5 Å². The van der Waals surface area contributed by atoms with Gasteiger partial charge in [-0.05, 0) is 22.0 Å². The molecule has 1 amide bonds. The molecule has 0 aliphatic rings. The minimum atomic E-state index is -1.12. The third kappa shape index (κ3) is 3.58. The molecule has 0 saturated heterocycles. The summed E-state index contributed by atoms with van der Waals surface area (Å²) >= 11 is 4.58. The number of nitrogens with one attached hydrogen (secondary N) is 1. The topological polar surface area (TPSA) is 75.6 Å². The Hall–Kier alpha value is -0.920. The van der Waals surface area contributed by atoms with Crippen molar-refractivity contribution < 1.29 is 19.4 Å². The fraction of sp³-hybridized carbons (Fsp3) is 0.333. The largest absolute Gasteiger partial charge is 0.480 e.